The Morgan fingerprint density at radius 1 is 1.46 bits per heavy atom. The molecule has 0 bridgehead atoms. The Balaban J connectivity index is 2.92. The molecule has 0 spiro atoms. The second-order valence-corrected chi connectivity index (χ2v) is 3.17. The molecule has 0 aliphatic heterocycles. The van der Waals surface area contributed by atoms with Crippen molar-refractivity contribution < 1.29 is 4.79 Å². The topological polar surface area (TPSA) is 30.0 Å². The number of hydrogen-bond donors (Lipinski definition) is 0. The van der Waals surface area contributed by atoms with Crippen molar-refractivity contribution in [3.8, 4) is 0 Å². The van der Waals surface area contributed by atoms with Gasteiger partial charge in [-0.1, -0.05) is 19.9 Å². The Kier molecular flexibility index (Phi) is 3.38. The number of hydrogen-bond acceptors (Lipinski definition) is 2. The van der Waals surface area contributed by atoms with Crippen LogP contribution in [0.3, 0.4) is 0 Å². The molecule has 1 rings (SSSR count). The highest BCUT2D eigenvalue weighted by atomic mass is 16.1. The van der Waals surface area contributed by atoms with Crippen LogP contribution in [0.4, 0.5) is 0 Å². The van der Waals surface area contributed by atoms with E-state index in [-0.39, 0.29) is 5.92 Å². The Labute approximate surface area is 78.3 Å². The summed E-state index contributed by atoms with van der Waals surface area (Å²) >= 11 is 0. The van der Waals surface area contributed by atoms with Gasteiger partial charge in [0.1, 0.15) is 6.29 Å². The van der Waals surface area contributed by atoms with E-state index in [9.17, 15) is 4.79 Å². The summed E-state index contributed by atoms with van der Waals surface area (Å²) < 4.78 is 0. The van der Waals surface area contributed by atoms with Crippen LogP contribution >= 0.6 is 0 Å². The summed E-state index contributed by atoms with van der Waals surface area (Å²) in [4.78, 5) is 14.8. The fourth-order valence-corrected chi connectivity index (χ4v) is 0.969. The average Bonchev–Trinajstić information content (AvgIpc) is 2.15. The zero-order chi connectivity index (χ0) is 9.68. The fraction of sp³-hybridized carbons (Fsp3) is 0.273. The van der Waals surface area contributed by atoms with Crippen molar-refractivity contribution in [1.82, 2.24) is 4.98 Å². The lowest BCUT2D eigenvalue weighted by Crippen LogP contribution is -1.95. The molecule has 0 amide bonds. The number of aromatic nitrogens is 1. The third-order valence-electron chi connectivity index (χ3n) is 1.81. The molecule has 0 saturated heterocycles. The summed E-state index contributed by atoms with van der Waals surface area (Å²) in [5.41, 5.74) is 1.61. The van der Waals surface area contributed by atoms with E-state index in [1.807, 2.05) is 38.1 Å². The largest absolute Gasteiger partial charge is 0.298 e. The zero-order valence-electron chi connectivity index (χ0n) is 7.90. The van der Waals surface area contributed by atoms with Crippen LogP contribution in [0.2, 0.25) is 0 Å². The maximum atomic E-state index is 10.7. The molecule has 0 radical (unpaired) electrons. The normalized spacial score (nSPS) is 11.8. The molecule has 2 heteroatoms. The molecule has 0 saturated carbocycles. The molecule has 0 aliphatic carbocycles. The molecule has 68 valence electrons. The lowest BCUT2D eigenvalue weighted by Gasteiger charge is -2.02. The molecule has 1 heterocycles. The maximum Gasteiger partial charge on any atom is 0.146 e. The molecule has 0 aliphatic rings. The smallest absolute Gasteiger partial charge is 0.146 e. The van der Waals surface area contributed by atoms with Crippen LogP contribution in [0.5, 0.6) is 0 Å². The summed E-state index contributed by atoms with van der Waals surface area (Å²) in [5, 5.41) is 0. The zero-order valence-corrected chi connectivity index (χ0v) is 7.90. The molecule has 0 unspecified atom stereocenters. The number of rotatable bonds is 3. The van der Waals surface area contributed by atoms with E-state index in [1.165, 1.54) is 0 Å². The Morgan fingerprint density at radius 2 is 2.23 bits per heavy atom. The molecule has 2 nitrogen and oxygen atoms in total. The third kappa shape index (κ3) is 2.82. The number of carbonyl (C=O) groups is 1. The lowest BCUT2D eigenvalue weighted by atomic mass is 10.0. The Morgan fingerprint density at radius 3 is 2.69 bits per heavy atom. The Bertz CT molecular complexity index is 301. The molecule has 13 heavy (non-hydrogen) atoms. The number of nitrogens with zero attached hydrogens (tertiary/aromatic N) is 1. The van der Waals surface area contributed by atoms with Crippen molar-refractivity contribution in [1.29, 1.82) is 0 Å². The first kappa shape index (κ1) is 9.65. The van der Waals surface area contributed by atoms with Gasteiger partial charge in [-0.25, -0.2) is 0 Å². The fourth-order valence-electron chi connectivity index (χ4n) is 0.969. The molecule has 0 aromatic carbocycles. The van der Waals surface area contributed by atoms with Crippen LogP contribution in [-0.4, -0.2) is 11.3 Å². The standard InChI is InChI=1S/C11H13NO/c1-9(2)10(8-13)7-11-5-3-4-6-12-11/h3-9H,1-2H3/b10-7+. The molecule has 1 aromatic heterocycles. The van der Waals surface area contributed by atoms with Gasteiger partial charge in [0.15, 0.2) is 0 Å². The van der Waals surface area contributed by atoms with Gasteiger partial charge in [-0.2, -0.15) is 0 Å². The monoisotopic (exact) mass is 175 g/mol. The predicted molar refractivity (Wildman–Crippen MR) is 53.1 cm³/mol. The second-order valence-electron chi connectivity index (χ2n) is 3.17. The minimum atomic E-state index is 0.250. The van der Waals surface area contributed by atoms with Crippen molar-refractivity contribution in [2.45, 2.75) is 13.8 Å². The number of aldehydes is 1. The van der Waals surface area contributed by atoms with Gasteiger partial charge in [-0.3, -0.25) is 9.78 Å². The third-order valence-corrected chi connectivity index (χ3v) is 1.81. The van der Waals surface area contributed by atoms with Gasteiger partial charge in [-0.05, 0) is 29.7 Å². The van der Waals surface area contributed by atoms with Gasteiger partial charge in [0.2, 0.25) is 0 Å². The first-order chi connectivity index (χ1) is 6.24. The second kappa shape index (κ2) is 4.55. The minimum absolute atomic E-state index is 0.250. The summed E-state index contributed by atoms with van der Waals surface area (Å²) in [6.07, 6.45) is 4.42. The van der Waals surface area contributed by atoms with E-state index in [0.717, 1.165) is 17.6 Å². The average molecular weight is 175 g/mol. The van der Waals surface area contributed by atoms with Crippen molar-refractivity contribution in [2.75, 3.05) is 0 Å². The first-order valence-electron chi connectivity index (χ1n) is 4.32. The van der Waals surface area contributed by atoms with Crippen LogP contribution in [0.1, 0.15) is 19.5 Å². The van der Waals surface area contributed by atoms with Gasteiger partial charge >= 0.3 is 0 Å². The highest BCUT2D eigenvalue weighted by Crippen LogP contribution is 2.10. The molecular weight excluding hydrogens is 162 g/mol. The molecule has 1 aromatic rings. The highest BCUT2D eigenvalue weighted by molar-refractivity contribution is 5.81. The summed E-state index contributed by atoms with van der Waals surface area (Å²) in [6.45, 7) is 3.98. The van der Waals surface area contributed by atoms with Gasteiger partial charge in [0.25, 0.3) is 0 Å². The van der Waals surface area contributed by atoms with E-state index in [4.69, 9.17) is 0 Å². The summed E-state index contributed by atoms with van der Waals surface area (Å²) in [6, 6.07) is 5.64. The lowest BCUT2D eigenvalue weighted by molar-refractivity contribution is -0.105. The predicted octanol–water partition coefficient (Wildman–Crippen LogP) is 2.32. The quantitative estimate of drug-likeness (QED) is 0.521. The maximum absolute atomic E-state index is 10.7. The van der Waals surface area contributed by atoms with E-state index >= 15 is 0 Å². The van der Waals surface area contributed by atoms with Gasteiger partial charge in [0, 0.05) is 6.20 Å². The van der Waals surface area contributed by atoms with Crippen LogP contribution < -0.4 is 0 Å². The van der Waals surface area contributed by atoms with Crippen molar-refractivity contribution in [3.63, 3.8) is 0 Å². The summed E-state index contributed by atoms with van der Waals surface area (Å²) in [5.74, 6) is 0.250. The molecular formula is C11H13NO. The van der Waals surface area contributed by atoms with Gasteiger partial charge in [-0.15, -0.1) is 0 Å². The SMILES string of the molecule is CC(C)/C(C=O)=C/c1ccccn1. The van der Waals surface area contributed by atoms with Crippen LogP contribution in [0.15, 0.2) is 30.0 Å². The van der Waals surface area contributed by atoms with Gasteiger partial charge in [0.05, 0.1) is 5.69 Å². The van der Waals surface area contributed by atoms with Crippen LogP contribution in [-0.2, 0) is 4.79 Å². The van der Waals surface area contributed by atoms with E-state index in [0.29, 0.717) is 0 Å². The highest BCUT2D eigenvalue weighted by Gasteiger charge is 2.01. The summed E-state index contributed by atoms with van der Waals surface area (Å²) in [7, 11) is 0. The van der Waals surface area contributed by atoms with Crippen molar-refractivity contribution in [3.05, 3.63) is 35.7 Å². The van der Waals surface area contributed by atoms with E-state index in [1.54, 1.807) is 6.20 Å². The van der Waals surface area contributed by atoms with Crippen LogP contribution in [0, 0.1) is 5.92 Å². The number of pyridine rings is 1. The van der Waals surface area contributed by atoms with Crippen molar-refractivity contribution in [2.24, 2.45) is 5.92 Å². The molecule has 0 fully saturated rings. The van der Waals surface area contributed by atoms with Crippen molar-refractivity contribution >= 4 is 12.4 Å². The van der Waals surface area contributed by atoms with E-state index < -0.39 is 0 Å². The van der Waals surface area contributed by atoms with Gasteiger partial charge < -0.3 is 0 Å². The van der Waals surface area contributed by atoms with Crippen LogP contribution in [0.25, 0.3) is 6.08 Å². The molecule has 0 atom stereocenters. The number of allylic oxidation sites excluding steroid dienone is 1. The minimum Gasteiger partial charge on any atom is -0.298 e. The first-order valence-corrected chi connectivity index (χ1v) is 4.32. The Hall–Kier alpha value is -1.44. The van der Waals surface area contributed by atoms with E-state index in [2.05, 4.69) is 4.98 Å². The molecule has 0 N–H and O–H groups in total. The number of carbonyl (C=O) groups excluding carboxylic acids is 1.